The van der Waals surface area contributed by atoms with Gasteiger partial charge in [0.25, 0.3) is 0 Å². The van der Waals surface area contributed by atoms with Gasteiger partial charge in [-0.25, -0.2) is 10.1 Å². The van der Waals surface area contributed by atoms with Gasteiger partial charge in [-0.05, 0) is 47.5 Å². The number of para-hydroxylation sites is 1. The zero-order valence-electron chi connectivity index (χ0n) is 20.1. The smallest absolute Gasteiger partial charge is 0.247 e. The fourth-order valence-electron chi connectivity index (χ4n) is 4.07. The number of benzene rings is 4. The number of methoxy groups -OCH3 is 1. The Morgan fingerprint density at radius 3 is 2.39 bits per heavy atom. The van der Waals surface area contributed by atoms with E-state index in [1.807, 2.05) is 115 Å². The zero-order valence-corrected chi connectivity index (χ0v) is 20.1. The zero-order chi connectivity index (χ0) is 24.9. The summed E-state index contributed by atoms with van der Waals surface area (Å²) in [6, 6.07) is 31.7. The molecule has 0 fully saturated rings. The van der Waals surface area contributed by atoms with Gasteiger partial charge in [0.15, 0.2) is 0 Å². The van der Waals surface area contributed by atoms with Gasteiger partial charge in [-0.1, -0.05) is 72.8 Å². The van der Waals surface area contributed by atoms with Gasteiger partial charge >= 0.3 is 0 Å². The molecule has 36 heavy (non-hydrogen) atoms. The number of carbonyl (C=O) groups excluding carboxylic acids is 1. The average molecular weight is 475 g/mol. The molecule has 1 heterocycles. The highest BCUT2D eigenvalue weighted by atomic mass is 16.5. The lowest BCUT2D eigenvalue weighted by Gasteiger charge is -2.11. The summed E-state index contributed by atoms with van der Waals surface area (Å²) < 4.78 is 7.11. The van der Waals surface area contributed by atoms with Crippen LogP contribution in [0.3, 0.4) is 0 Å². The van der Waals surface area contributed by atoms with Gasteiger partial charge in [0.2, 0.25) is 5.91 Å². The number of nitrogens with one attached hydrogen (secondary N) is 1. The predicted molar refractivity (Wildman–Crippen MR) is 144 cm³/mol. The first-order valence-electron chi connectivity index (χ1n) is 11.7. The van der Waals surface area contributed by atoms with E-state index in [1.54, 1.807) is 13.3 Å². The van der Waals surface area contributed by atoms with Crippen LogP contribution in [0.5, 0.6) is 5.75 Å². The molecule has 6 heteroatoms. The molecule has 0 aliphatic rings. The number of carbonyl (C=O) groups is 1. The van der Waals surface area contributed by atoms with Crippen LogP contribution < -0.4 is 10.2 Å². The van der Waals surface area contributed by atoms with Gasteiger partial charge in [-0.3, -0.25) is 4.79 Å². The highest BCUT2D eigenvalue weighted by Gasteiger charge is 2.16. The lowest BCUT2D eigenvalue weighted by molar-refractivity contribution is -0.122. The number of amides is 1. The molecule has 178 valence electrons. The molecule has 1 atom stereocenters. The Balaban J connectivity index is 1.36. The van der Waals surface area contributed by atoms with Crippen LogP contribution in [-0.4, -0.2) is 29.0 Å². The molecule has 4 aromatic carbocycles. The van der Waals surface area contributed by atoms with Gasteiger partial charge in [0.05, 0.1) is 24.9 Å². The Labute approximate surface area is 209 Å². The van der Waals surface area contributed by atoms with Crippen molar-refractivity contribution in [1.82, 2.24) is 15.2 Å². The van der Waals surface area contributed by atoms with Crippen molar-refractivity contribution in [2.75, 3.05) is 7.11 Å². The van der Waals surface area contributed by atoms with Crippen molar-refractivity contribution in [2.45, 2.75) is 12.8 Å². The van der Waals surface area contributed by atoms with Gasteiger partial charge < -0.3 is 4.74 Å². The third-order valence-electron chi connectivity index (χ3n) is 6.15. The molecule has 0 aliphatic carbocycles. The average Bonchev–Trinajstić information content (AvgIpc) is 3.37. The van der Waals surface area contributed by atoms with Crippen LogP contribution in [0.2, 0.25) is 0 Å². The highest BCUT2D eigenvalue weighted by Crippen LogP contribution is 2.26. The lowest BCUT2D eigenvalue weighted by atomic mass is 9.97. The summed E-state index contributed by atoms with van der Waals surface area (Å²) in [6.07, 6.45) is 3.56. The molecule has 1 amide bonds. The highest BCUT2D eigenvalue weighted by molar-refractivity contribution is 5.91. The SMILES string of the molecule is COc1ccc2cc(C(C)C(=O)N/N=C/c3cn(-c4ccccc4)nc3-c3ccccc3)ccc2c1. The molecule has 0 saturated heterocycles. The van der Waals surface area contributed by atoms with Crippen molar-refractivity contribution in [3.63, 3.8) is 0 Å². The molecule has 0 radical (unpaired) electrons. The quantitative estimate of drug-likeness (QED) is 0.234. The van der Waals surface area contributed by atoms with E-state index in [-0.39, 0.29) is 11.8 Å². The van der Waals surface area contributed by atoms with Crippen molar-refractivity contribution in [3.05, 3.63) is 114 Å². The Hall–Kier alpha value is -4.71. The fourth-order valence-corrected chi connectivity index (χ4v) is 4.07. The predicted octanol–water partition coefficient (Wildman–Crippen LogP) is 5.95. The normalized spacial score (nSPS) is 12.1. The molecule has 0 saturated carbocycles. The summed E-state index contributed by atoms with van der Waals surface area (Å²) in [5.74, 6) is 0.256. The monoisotopic (exact) mass is 474 g/mol. The largest absolute Gasteiger partial charge is 0.497 e. The number of aromatic nitrogens is 2. The summed E-state index contributed by atoms with van der Waals surface area (Å²) in [5.41, 5.74) is 7.13. The van der Waals surface area contributed by atoms with Gasteiger partial charge in [-0.2, -0.15) is 10.2 Å². The van der Waals surface area contributed by atoms with Gasteiger partial charge in [0.1, 0.15) is 11.4 Å². The summed E-state index contributed by atoms with van der Waals surface area (Å²) in [6.45, 7) is 1.87. The Morgan fingerprint density at radius 2 is 1.64 bits per heavy atom. The summed E-state index contributed by atoms with van der Waals surface area (Å²) in [5, 5.41) is 11.2. The van der Waals surface area contributed by atoms with Crippen LogP contribution in [0.4, 0.5) is 0 Å². The molecule has 5 aromatic rings. The van der Waals surface area contributed by atoms with E-state index in [1.165, 1.54) is 0 Å². The number of hydrogen-bond donors (Lipinski definition) is 1. The van der Waals surface area contributed by atoms with E-state index in [4.69, 9.17) is 9.84 Å². The van der Waals surface area contributed by atoms with E-state index < -0.39 is 0 Å². The van der Waals surface area contributed by atoms with Crippen LogP contribution in [-0.2, 0) is 4.79 Å². The first kappa shape index (κ1) is 23.1. The maximum atomic E-state index is 12.9. The third-order valence-corrected chi connectivity index (χ3v) is 6.15. The van der Waals surface area contributed by atoms with Gasteiger partial charge in [-0.15, -0.1) is 0 Å². The van der Waals surface area contributed by atoms with Crippen molar-refractivity contribution in [3.8, 4) is 22.7 Å². The lowest BCUT2D eigenvalue weighted by Crippen LogP contribution is -2.23. The van der Waals surface area contributed by atoms with Crippen molar-refractivity contribution in [2.24, 2.45) is 5.10 Å². The maximum Gasteiger partial charge on any atom is 0.247 e. The van der Waals surface area contributed by atoms with E-state index >= 15 is 0 Å². The number of ether oxygens (including phenoxy) is 1. The minimum absolute atomic E-state index is 0.184. The topological polar surface area (TPSA) is 68.5 Å². The first-order valence-corrected chi connectivity index (χ1v) is 11.7. The van der Waals surface area contributed by atoms with E-state index in [0.29, 0.717) is 0 Å². The van der Waals surface area contributed by atoms with Crippen LogP contribution in [0, 0.1) is 0 Å². The molecule has 0 spiro atoms. The Kier molecular flexibility index (Phi) is 6.58. The Bertz CT molecular complexity index is 1530. The number of fused-ring (bicyclic) bond motifs is 1. The second-order valence-corrected chi connectivity index (χ2v) is 8.51. The van der Waals surface area contributed by atoms with Crippen LogP contribution in [0.15, 0.2) is 108 Å². The molecule has 6 nitrogen and oxygen atoms in total. The van der Waals surface area contributed by atoms with Crippen LogP contribution >= 0.6 is 0 Å². The second kappa shape index (κ2) is 10.3. The molecule has 5 rings (SSSR count). The molecule has 0 bridgehead atoms. The molecular weight excluding hydrogens is 448 g/mol. The molecular formula is C30H26N4O2. The van der Waals surface area contributed by atoms with Crippen molar-refractivity contribution in [1.29, 1.82) is 0 Å². The van der Waals surface area contributed by atoms with E-state index in [2.05, 4.69) is 10.5 Å². The minimum Gasteiger partial charge on any atom is -0.497 e. The van der Waals surface area contributed by atoms with E-state index in [0.717, 1.165) is 44.6 Å². The maximum absolute atomic E-state index is 12.9. The van der Waals surface area contributed by atoms with Crippen LogP contribution in [0.25, 0.3) is 27.7 Å². The summed E-state index contributed by atoms with van der Waals surface area (Å²) in [4.78, 5) is 12.9. The second-order valence-electron chi connectivity index (χ2n) is 8.51. The van der Waals surface area contributed by atoms with Crippen molar-refractivity contribution < 1.29 is 9.53 Å². The summed E-state index contributed by atoms with van der Waals surface area (Å²) in [7, 11) is 1.65. The molecule has 1 N–H and O–H groups in total. The van der Waals surface area contributed by atoms with Crippen LogP contribution in [0.1, 0.15) is 24.0 Å². The summed E-state index contributed by atoms with van der Waals surface area (Å²) >= 11 is 0. The number of nitrogens with zero attached hydrogens (tertiary/aromatic N) is 3. The Morgan fingerprint density at radius 1 is 0.944 bits per heavy atom. The van der Waals surface area contributed by atoms with Gasteiger partial charge in [0, 0.05) is 17.3 Å². The van der Waals surface area contributed by atoms with E-state index in [9.17, 15) is 4.79 Å². The van der Waals surface area contributed by atoms with Crippen molar-refractivity contribution >= 4 is 22.9 Å². The minimum atomic E-state index is -0.366. The third kappa shape index (κ3) is 4.88. The number of hydrazone groups is 1. The fraction of sp³-hybridized carbons (Fsp3) is 0.100. The number of hydrogen-bond acceptors (Lipinski definition) is 4. The standard InChI is InChI=1S/C30H26N4O2/c1-21(23-13-14-25-18-28(36-2)16-15-24(25)17-23)30(35)32-31-19-26-20-34(27-11-7-4-8-12-27)33-29(26)22-9-5-3-6-10-22/h3-21H,1-2H3,(H,32,35)/b31-19+. The number of rotatable bonds is 7. The first-order chi connectivity index (χ1) is 17.6. The molecule has 1 aromatic heterocycles. The molecule has 1 unspecified atom stereocenters. The molecule has 0 aliphatic heterocycles.